The van der Waals surface area contributed by atoms with Crippen molar-refractivity contribution < 1.29 is 9.47 Å². The highest BCUT2D eigenvalue weighted by atomic mass is 32.1. The van der Waals surface area contributed by atoms with Crippen molar-refractivity contribution in [3.8, 4) is 11.9 Å². The van der Waals surface area contributed by atoms with Gasteiger partial charge in [-0.15, -0.1) is 11.3 Å². The summed E-state index contributed by atoms with van der Waals surface area (Å²) in [5.41, 5.74) is 2.02. The van der Waals surface area contributed by atoms with Gasteiger partial charge in [0.25, 0.3) is 0 Å². The number of nitrogens with zero attached hydrogens (tertiary/aromatic N) is 2. The number of thiophene rings is 1. The van der Waals surface area contributed by atoms with Crippen LogP contribution in [0.4, 0.5) is 0 Å². The van der Waals surface area contributed by atoms with E-state index in [1.165, 1.54) is 0 Å². The van der Waals surface area contributed by atoms with E-state index in [2.05, 4.69) is 9.97 Å². The lowest BCUT2D eigenvalue weighted by Gasteiger charge is -2.02. The van der Waals surface area contributed by atoms with Crippen LogP contribution in [0, 0.1) is 6.92 Å². The largest absolute Gasteiger partial charge is 0.480 e. The molecule has 5 heteroatoms. The number of hydrogen-bond donors (Lipinski definition) is 0. The van der Waals surface area contributed by atoms with Crippen molar-refractivity contribution in [1.29, 1.82) is 0 Å². The fraction of sp³-hybridized carbons (Fsp3) is 0.333. The maximum absolute atomic E-state index is 5.16. The molecule has 2 aromatic heterocycles. The minimum Gasteiger partial charge on any atom is -0.480 e. The average Bonchev–Trinajstić information content (AvgIpc) is 2.59. The van der Waals surface area contributed by atoms with Gasteiger partial charge < -0.3 is 9.47 Å². The lowest BCUT2D eigenvalue weighted by Crippen LogP contribution is -1.95. The lowest BCUT2D eigenvalue weighted by atomic mass is 10.3. The van der Waals surface area contributed by atoms with Gasteiger partial charge in [0.1, 0.15) is 4.70 Å². The molecule has 0 atom stereocenters. The van der Waals surface area contributed by atoms with Crippen LogP contribution in [0.2, 0.25) is 0 Å². The molecular weight excluding hydrogens is 200 g/mol. The molecule has 2 rings (SSSR count). The highest BCUT2D eigenvalue weighted by Crippen LogP contribution is 2.31. The van der Waals surface area contributed by atoms with Gasteiger partial charge in [-0.05, 0) is 17.9 Å². The van der Waals surface area contributed by atoms with Crippen LogP contribution in [0.3, 0.4) is 0 Å². The zero-order valence-corrected chi connectivity index (χ0v) is 9.01. The molecule has 0 aliphatic carbocycles. The van der Waals surface area contributed by atoms with E-state index in [4.69, 9.17) is 9.47 Å². The Morgan fingerprint density at radius 2 is 2.00 bits per heavy atom. The van der Waals surface area contributed by atoms with Gasteiger partial charge in [-0.2, -0.15) is 9.97 Å². The van der Waals surface area contributed by atoms with Crippen molar-refractivity contribution >= 4 is 21.6 Å². The second kappa shape index (κ2) is 3.42. The Labute approximate surface area is 85.5 Å². The molecule has 0 N–H and O–H groups in total. The van der Waals surface area contributed by atoms with Crippen LogP contribution in [0.5, 0.6) is 11.9 Å². The first-order chi connectivity index (χ1) is 6.76. The molecule has 4 nitrogen and oxygen atoms in total. The van der Waals surface area contributed by atoms with E-state index in [9.17, 15) is 0 Å². The standard InChI is InChI=1S/C9H10N2O2S/c1-5-4-14-7-6(5)10-9(13-3)11-8(7)12-2/h4H,1-3H3. The fourth-order valence-corrected chi connectivity index (χ4v) is 2.17. The van der Waals surface area contributed by atoms with Crippen LogP contribution in [0.25, 0.3) is 10.2 Å². The molecule has 2 heterocycles. The van der Waals surface area contributed by atoms with E-state index in [0.29, 0.717) is 11.9 Å². The van der Waals surface area contributed by atoms with Crippen LogP contribution in [-0.2, 0) is 0 Å². The van der Waals surface area contributed by atoms with Gasteiger partial charge in [-0.3, -0.25) is 0 Å². The summed E-state index contributed by atoms with van der Waals surface area (Å²) in [5, 5.41) is 2.03. The molecule has 0 bridgehead atoms. The van der Waals surface area contributed by atoms with Gasteiger partial charge in [0.2, 0.25) is 5.88 Å². The van der Waals surface area contributed by atoms with Gasteiger partial charge >= 0.3 is 6.01 Å². The Kier molecular flexibility index (Phi) is 2.25. The average molecular weight is 210 g/mol. The second-order valence-corrected chi connectivity index (χ2v) is 3.70. The number of rotatable bonds is 2. The van der Waals surface area contributed by atoms with Crippen LogP contribution >= 0.6 is 11.3 Å². The van der Waals surface area contributed by atoms with Crippen LogP contribution in [0.15, 0.2) is 5.38 Å². The molecule has 74 valence electrons. The summed E-state index contributed by atoms with van der Waals surface area (Å²) >= 11 is 1.58. The summed E-state index contributed by atoms with van der Waals surface area (Å²) in [6.07, 6.45) is 0. The van der Waals surface area contributed by atoms with Crippen LogP contribution in [0.1, 0.15) is 5.56 Å². The second-order valence-electron chi connectivity index (χ2n) is 2.82. The molecule has 2 aromatic rings. The highest BCUT2D eigenvalue weighted by Gasteiger charge is 2.11. The summed E-state index contributed by atoms with van der Waals surface area (Å²) in [6.45, 7) is 2.00. The van der Waals surface area contributed by atoms with Crippen molar-refractivity contribution in [3.05, 3.63) is 10.9 Å². The normalized spacial score (nSPS) is 10.5. The topological polar surface area (TPSA) is 44.2 Å². The number of hydrogen-bond acceptors (Lipinski definition) is 5. The first kappa shape index (κ1) is 9.21. The molecule has 0 radical (unpaired) electrons. The minimum atomic E-state index is 0.343. The molecule has 0 saturated carbocycles. The number of aryl methyl sites for hydroxylation is 1. The molecule has 14 heavy (non-hydrogen) atoms. The minimum absolute atomic E-state index is 0.343. The van der Waals surface area contributed by atoms with Crippen molar-refractivity contribution in [2.24, 2.45) is 0 Å². The number of methoxy groups -OCH3 is 2. The molecular formula is C9H10N2O2S. The maximum atomic E-state index is 5.16. The van der Waals surface area contributed by atoms with E-state index in [-0.39, 0.29) is 0 Å². The molecule has 0 aromatic carbocycles. The number of aromatic nitrogens is 2. The van der Waals surface area contributed by atoms with E-state index in [0.717, 1.165) is 15.8 Å². The van der Waals surface area contributed by atoms with E-state index in [1.54, 1.807) is 25.6 Å². The maximum Gasteiger partial charge on any atom is 0.320 e. The summed E-state index contributed by atoms with van der Waals surface area (Å²) in [4.78, 5) is 8.36. The third-order valence-corrected chi connectivity index (χ3v) is 2.99. The van der Waals surface area contributed by atoms with E-state index < -0.39 is 0 Å². The summed E-state index contributed by atoms with van der Waals surface area (Å²) < 4.78 is 11.1. The molecule has 0 fully saturated rings. The zero-order valence-electron chi connectivity index (χ0n) is 8.20. The molecule has 0 spiro atoms. The SMILES string of the molecule is COc1nc(OC)c2scc(C)c2n1. The van der Waals surface area contributed by atoms with Crippen molar-refractivity contribution in [2.45, 2.75) is 6.92 Å². The predicted octanol–water partition coefficient (Wildman–Crippen LogP) is 2.02. The third kappa shape index (κ3) is 1.29. The smallest absolute Gasteiger partial charge is 0.320 e. The quantitative estimate of drug-likeness (QED) is 0.760. The van der Waals surface area contributed by atoms with Crippen molar-refractivity contribution in [1.82, 2.24) is 9.97 Å². The summed E-state index contributed by atoms with van der Waals surface area (Å²) in [6, 6.07) is 0.343. The molecule has 0 saturated heterocycles. The Bertz CT molecular complexity index is 467. The van der Waals surface area contributed by atoms with Crippen molar-refractivity contribution in [2.75, 3.05) is 14.2 Å². The van der Waals surface area contributed by atoms with Crippen molar-refractivity contribution in [3.63, 3.8) is 0 Å². The molecule has 0 amide bonds. The van der Waals surface area contributed by atoms with E-state index >= 15 is 0 Å². The molecule has 0 aliphatic heterocycles. The zero-order chi connectivity index (χ0) is 10.1. The van der Waals surface area contributed by atoms with Gasteiger partial charge in [0.05, 0.1) is 19.7 Å². The van der Waals surface area contributed by atoms with Crippen LogP contribution in [-0.4, -0.2) is 24.2 Å². The molecule has 0 unspecified atom stereocenters. The first-order valence-corrected chi connectivity index (χ1v) is 4.98. The van der Waals surface area contributed by atoms with Gasteiger partial charge in [0.15, 0.2) is 0 Å². The predicted molar refractivity (Wildman–Crippen MR) is 55.3 cm³/mol. The van der Waals surface area contributed by atoms with Gasteiger partial charge in [-0.1, -0.05) is 0 Å². The Morgan fingerprint density at radius 1 is 1.21 bits per heavy atom. The van der Waals surface area contributed by atoms with E-state index in [1.807, 2.05) is 12.3 Å². The number of fused-ring (bicyclic) bond motifs is 1. The Balaban J connectivity index is 2.76. The Hall–Kier alpha value is -1.36. The first-order valence-electron chi connectivity index (χ1n) is 4.10. The van der Waals surface area contributed by atoms with Gasteiger partial charge in [-0.25, -0.2) is 0 Å². The fourth-order valence-electron chi connectivity index (χ4n) is 1.22. The Morgan fingerprint density at radius 3 is 2.64 bits per heavy atom. The molecule has 0 aliphatic rings. The lowest BCUT2D eigenvalue weighted by molar-refractivity contribution is 0.357. The highest BCUT2D eigenvalue weighted by molar-refractivity contribution is 7.17. The van der Waals surface area contributed by atoms with Crippen LogP contribution < -0.4 is 9.47 Å². The third-order valence-electron chi connectivity index (χ3n) is 1.92. The summed E-state index contributed by atoms with van der Waals surface area (Å²) in [5.74, 6) is 0.574. The summed E-state index contributed by atoms with van der Waals surface area (Å²) in [7, 11) is 3.14. The monoisotopic (exact) mass is 210 g/mol. The van der Waals surface area contributed by atoms with Gasteiger partial charge in [0, 0.05) is 0 Å². The number of ether oxygens (including phenoxy) is 2.